The van der Waals surface area contributed by atoms with Crippen molar-refractivity contribution in [1.82, 2.24) is 0 Å². The number of carbonyl (C=O) groups is 1. The summed E-state index contributed by atoms with van der Waals surface area (Å²) in [6, 6.07) is 3.37. The van der Waals surface area contributed by atoms with Crippen LogP contribution in [0.5, 0.6) is 0 Å². The predicted molar refractivity (Wildman–Crippen MR) is 57.2 cm³/mol. The van der Waals surface area contributed by atoms with Gasteiger partial charge in [0.05, 0.1) is 11.6 Å². The molecule has 1 unspecified atom stereocenters. The molecule has 0 aliphatic heterocycles. The third-order valence-electron chi connectivity index (χ3n) is 2.23. The molecule has 1 rings (SSSR count). The second-order valence-corrected chi connectivity index (χ2v) is 3.60. The minimum Gasteiger partial charge on any atom is -0.478 e. The molecule has 0 bridgehead atoms. The van der Waals surface area contributed by atoms with Crippen LogP contribution in [0.4, 0.5) is 14.5 Å². The molecule has 0 amide bonds. The number of aromatic carboxylic acids is 1. The van der Waals surface area contributed by atoms with Gasteiger partial charge in [0, 0.05) is 5.69 Å². The van der Waals surface area contributed by atoms with E-state index in [9.17, 15) is 13.6 Å². The first-order chi connectivity index (χ1) is 7.41. The molecule has 2 N–H and O–H groups in total. The molecule has 0 aliphatic rings. The number of alkyl halides is 2. The first kappa shape index (κ1) is 12.4. The van der Waals surface area contributed by atoms with Crippen LogP contribution in [0.3, 0.4) is 0 Å². The van der Waals surface area contributed by atoms with Gasteiger partial charge >= 0.3 is 5.97 Å². The molecule has 0 saturated carbocycles. The normalized spacial score (nSPS) is 12.6. The molecule has 16 heavy (non-hydrogen) atoms. The molecule has 0 aliphatic carbocycles. The van der Waals surface area contributed by atoms with Gasteiger partial charge in [-0.15, -0.1) is 0 Å². The molecule has 0 aromatic heterocycles. The van der Waals surface area contributed by atoms with Gasteiger partial charge < -0.3 is 10.4 Å². The van der Waals surface area contributed by atoms with Gasteiger partial charge in [0.2, 0.25) is 0 Å². The topological polar surface area (TPSA) is 49.3 Å². The summed E-state index contributed by atoms with van der Waals surface area (Å²) in [7, 11) is 0. The zero-order chi connectivity index (χ0) is 12.3. The van der Waals surface area contributed by atoms with Crippen molar-refractivity contribution in [1.29, 1.82) is 0 Å². The monoisotopic (exact) mass is 229 g/mol. The fourth-order valence-corrected chi connectivity index (χ4v) is 1.27. The van der Waals surface area contributed by atoms with E-state index < -0.39 is 18.4 Å². The van der Waals surface area contributed by atoms with E-state index in [4.69, 9.17) is 5.11 Å². The lowest BCUT2D eigenvalue weighted by atomic mass is 10.1. The van der Waals surface area contributed by atoms with E-state index in [-0.39, 0.29) is 5.56 Å². The summed E-state index contributed by atoms with van der Waals surface area (Å²) in [6.45, 7) is 3.04. The van der Waals surface area contributed by atoms with Gasteiger partial charge in [-0.2, -0.15) is 0 Å². The van der Waals surface area contributed by atoms with Crippen LogP contribution in [0, 0.1) is 6.92 Å². The third-order valence-corrected chi connectivity index (χ3v) is 2.23. The SMILES string of the molecule is Cc1cc(C(=O)O)ccc1NC(C)C(F)F. The summed E-state index contributed by atoms with van der Waals surface area (Å²) in [6.07, 6.45) is -2.46. The minimum atomic E-state index is -2.46. The smallest absolute Gasteiger partial charge is 0.335 e. The highest BCUT2D eigenvalue weighted by Gasteiger charge is 2.15. The van der Waals surface area contributed by atoms with Crippen LogP contribution in [0.15, 0.2) is 18.2 Å². The fraction of sp³-hybridized carbons (Fsp3) is 0.364. The number of benzene rings is 1. The Hall–Kier alpha value is -1.65. The largest absolute Gasteiger partial charge is 0.478 e. The summed E-state index contributed by atoms with van der Waals surface area (Å²) in [5.74, 6) is -1.03. The Morgan fingerprint density at radius 1 is 1.44 bits per heavy atom. The molecule has 1 atom stereocenters. The van der Waals surface area contributed by atoms with Gasteiger partial charge in [-0.05, 0) is 37.6 Å². The minimum absolute atomic E-state index is 0.146. The Bertz CT molecular complexity index is 394. The van der Waals surface area contributed by atoms with Crippen LogP contribution < -0.4 is 5.32 Å². The van der Waals surface area contributed by atoms with Crippen LogP contribution >= 0.6 is 0 Å². The van der Waals surface area contributed by atoms with Gasteiger partial charge in [-0.25, -0.2) is 13.6 Å². The summed E-state index contributed by atoms with van der Waals surface area (Å²) in [5.41, 5.74) is 1.30. The first-order valence-corrected chi connectivity index (χ1v) is 4.80. The molecule has 1 aromatic carbocycles. The van der Waals surface area contributed by atoms with Crippen LogP contribution in [-0.4, -0.2) is 23.5 Å². The molecule has 0 spiro atoms. The number of carboxylic acids is 1. The lowest BCUT2D eigenvalue weighted by Crippen LogP contribution is -2.24. The number of nitrogens with one attached hydrogen (secondary N) is 1. The van der Waals surface area contributed by atoms with Gasteiger partial charge in [-0.3, -0.25) is 0 Å². The number of aryl methyl sites for hydroxylation is 1. The Labute approximate surface area is 92.1 Å². The van der Waals surface area contributed by atoms with Crippen LogP contribution in [0.25, 0.3) is 0 Å². The Morgan fingerprint density at radius 2 is 2.06 bits per heavy atom. The van der Waals surface area contributed by atoms with Crippen LogP contribution in [-0.2, 0) is 0 Å². The molecule has 0 radical (unpaired) electrons. The highest BCUT2D eigenvalue weighted by molar-refractivity contribution is 5.88. The van der Waals surface area contributed by atoms with E-state index in [0.717, 1.165) is 0 Å². The molecule has 88 valence electrons. The predicted octanol–water partition coefficient (Wildman–Crippen LogP) is 2.76. The summed E-state index contributed by atoms with van der Waals surface area (Å²) < 4.78 is 24.6. The van der Waals surface area contributed by atoms with Crippen molar-refractivity contribution in [2.45, 2.75) is 26.3 Å². The maximum atomic E-state index is 12.3. The van der Waals surface area contributed by atoms with E-state index in [1.807, 2.05) is 0 Å². The first-order valence-electron chi connectivity index (χ1n) is 4.80. The van der Waals surface area contributed by atoms with Crippen molar-refractivity contribution in [3.63, 3.8) is 0 Å². The number of halogens is 2. The molecule has 1 aromatic rings. The summed E-state index contributed by atoms with van der Waals surface area (Å²) in [5, 5.41) is 11.4. The standard InChI is InChI=1S/C11H13F2NO2/c1-6-5-8(11(15)16)3-4-9(6)14-7(2)10(12)13/h3-5,7,10,14H,1-2H3,(H,15,16). The molecule has 3 nitrogen and oxygen atoms in total. The Kier molecular flexibility index (Phi) is 3.82. The van der Waals surface area contributed by atoms with Crippen molar-refractivity contribution < 1.29 is 18.7 Å². The highest BCUT2D eigenvalue weighted by Crippen LogP contribution is 2.19. The van der Waals surface area contributed by atoms with Crippen LogP contribution in [0.1, 0.15) is 22.8 Å². The quantitative estimate of drug-likeness (QED) is 0.834. The van der Waals surface area contributed by atoms with Crippen molar-refractivity contribution in [2.75, 3.05) is 5.32 Å². The lowest BCUT2D eigenvalue weighted by Gasteiger charge is -2.16. The van der Waals surface area contributed by atoms with Gasteiger partial charge in [0.1, 0.15) is 0 Å². The number of anilines is 1. The van der Waals surface area contributed by atoms with Gasteiger partial charge in [-0.1, -0.05) is 0 Å². The zero-order valence-corrected chi connectivity index (χ0v) is 9.00. The third kappa shape index (κ3) is 2.92. The number of rotatable bonds is 4. The van der Waals surface area contributed by atoms with Gasteiger partial charge in [0.25, 0.3) is 6.43 Å². The Morgan fingerprint density at radius 3 is 2.50 bits per heavy atom. The number of carboxylic acid groups (broad SMARTS) is 1. The number of hydrogen-bond donors (Lipinski definition) is 2. The van der Waals surface area contributed by atoms with E-state index in [0.29, 0.717) is 11.3 Å². The van der Waals surface area contributed by atoms with E-state index >= 15 is 0 Å². The van der Waals surface area contributed by atoms with Crippen molar-refractivity contribution in [2.24, 2.45) is 0 Å². The average Bonchev–Trinajstić information content (AvgIpc) is 2.20. The van der Waals surface area contributed by atoms with Crippen molar-refractivity contribution >= 4 is 11.7 Å². The Balaban J connectivity index is 2.87. The number of hydrogen-bond acceptors (Lipinski definition) is 2. The lowest BCUT2D eigenvalue weighted by molar-refractivity contribution is 0.0696. The summed E-state index contributed by atoms with van der Waals surface area (Å²) >= 11 is 0. The maximum absolute atomic E-state index is 12.3. The average molecular weight is 229 g/mol. The second-order valence-electron chi connectivity index (χ2n) is 3.60. The molecule has 5 heteroatoms. The zero-order valence-electron chi connectivity index (χ0n) is 9.00. The summed E-state index contributed by atoms with van der Waals surface area (Å²) in [4.78, 5) is 10.7. The molecular formula is C11H13F2NO2. The molecule has 0 heterocycles. The van der Waals surface area contributed by atoms with Crippen LogP contribution in [0.2, 0.25) is 0 Å². The fourth-order valence-electron chi connectivity index (χ4n) is 1.27. The van der Waals surface area contributed by atoms with Gasteiger partial charge in [0.15, 0.2) is 0 Å². The van der Waals surface area contributed by atoms with Crippen molar-refractivity contribution in [3.8, 4) is 0 Å². The van der Waals surface area contributed by atoms with Crippen molar-refractivity contribution in [3.05, 3.63) is 29.3 Å². The highest BCUT2D eigenvalue weighted by atomic mass is 19.3. The molecular weight excluding hydrogens is 216 g/mol. The van der Waals surface area contributed by atoms with E-state index in [1.54, 1.807) is 6.92 Å². The van der Waals surface area contributed by atoms with E-state index in [1.165, 1.54) is 25.1 Å². The maximum Gasteiger partial charge on any atom is 0.335 e. The van der Waals surface area contributed by atoms with E-state index in [2.05, 4.69) is 5.32 Å². The molecule has 0 fully saturated rings. The second kappa shape index (κ2) is 4.92. The molecule has 0 saturated heterocycles.